The largest absolute Gasteiger partial charge is 0.494 e. The number of nitrogens with one attached hydrogen (secondary N) is 2. The number of H-pyrrole nitrogens is 1. The monoisotopic (exact) mass is 512 g/mol. The van der Waals surface area contributed by atoms with E-state index in [1.807, 2.05) is 12.1 Å². The third kappa shape index (κ3) is 7.09. The summed E-state index contributed by atoms with van der Waals surface area (Å²) in [5, 5.41) is 13.5. The highest BCUT2D eigenvalue weighted by Crippen LogP contribution is 2.31. The number of benzene rings is 1. The van der Waals surface area contributed by atoms with Gasteiger partial charge in [-0.05, 0) is 57.2 Å². The molecule has 3 aromatic rings. The molecule has 198 valence electrons. The number of hydrogen-bond acceptors (Lipinski definition) is 10. The molecule has 0 saturated heterocycles. The molecule has 7 N–H and O–H groups in total. The van der Waals surface area contributed by atoms with E-state index in [0.29, 0.717) is 41.4 Å². The van der Waals surface area contributed by atoms with Crippen molar-refractivity contribution in [2.45, 2.75) is 52.0 Å². The molecule has 0 unspecified atom stereocenters. The second-order valence-corrected chi connectivity index (χ2v) is 8.32. The van der Waals surface area contributed by atoms with Gasteiger partial charge in [-0.1, -0.05) is 12.1 Å². The highest BCUT2D eigenvalue weighted by atomic mass is 16.5. The first-order valence-corrected chi connectivity index (χ1v) is 12.1. The number of hydrogen-bond donors (Lipinski definition) is 5. The molecular formula is C25H32N6O6. The molecule has 0 spiro atoms. The van der Waals surface area contributed by atoms with Gasteiger partial charge in [0.2, 0.25) is 5.95 Å². The molecular weight excluding hydrogens is 480 g/mol. The topological polar surface area (TPSA) is 196 Å². The Morgan fingerprint density at radius 2 is 1.76 bits per heavy atom. The van der Waals surface area contributed by atoms with Gasteiger partial charge < -0.3 is 36.3 Å². The van der Waals surface area contributed by atoms with Crippen LogP contribution in [0.4, 0.5) is 11.8 Å². The van der Waals surface area contributed by atoms with Gasteiger partial charge in [0.05, 0.1) is 18.6 Å². The molecule has 12 nitrogen and oxygen atoms in total. The fourth-order valence-electron chi connectivity index (χ4n) is 3.95. The molecule has 3 rings (SSSR count). The molecule has 0 aliphatic rings. The van der Waals surface area contributed by atoms with Gasteiger partial charge in [-0.15, -0.1) is 0 Å². The standard InChI is InChI=1S/C25H32N6O6/c1-3-36-18(32)13-12-17(24(35)37-4-2)28-22(33)15-10-8-14(9-11-15)6-5-7-16-19-20(26)29-25(27)31-21(19)30-23(16)34/h8-11,17,34H,3-7,12-13H2,1-2H3,(H,28,33)(H5,26,27,29,30,31)/t17-/m0/s1. The van der Waals surface area contributed by atoms with Crippen LogP contribution in [0.2, 0.25) is 0 Å². The van der Waals surface area contributed by atoms with Crippen molar-refractivity contribution in [3.63, 3.8) is 0 Å². The number of nitrogens with zero attached hydrogens (tertiary/aromatic N) is 2. The van der Waals surface area contributed by atoms with Gasteiger partial charge >= 0.3 is 11.9 Å². The SMILES string of the molecule is CCOC(=O)CC[C@H](NC(=O)c1ccc(CCCc2c(O)[nH]c3nc(N)nc(N)c23)cc1)C(=O)OCC. The average molecular weight is 513 g/mol. The number of nitrogens with two attached hydrogens (primary N) is 2. The van der Waals surface area contributed by atoms with Crippen LogP contribution < -0.4 is 16.8 Å². The third-order valence-electron chi connectivity index (χ3n) is 5.71. The van der Waals surface area contributed by atoms with E-state index in [-0.39, 0.29) is 43.7 Å². The van der Waals surface area contributed by atoms with Gasteiger partial charge in [-0.25, -0.2) is 4.79 Å². The van der Waals surface area contributed by atoms with Gasteiger partial charge in [0.1, 0.15) is 17.5 Å². The Morgan fingerprint density at radius 1 is 1.05 bits per heavy atom. The number of esters is 2. The summed E-state index contributed by atoms with van der Waals surface area (Å²) in [5.74, 6) is -1.30. The minimum Gasteiger partial charge on any atom is -0.494 e. The van der Waals surface area contributed by atoms with E-state index in [0.717, 1.165) is 5.56 Å². The first-order valence-electron chi connectivity index (χ1n) is 12.1. The van der Waals surface area contributed by atoms with E-state index in [1.54, 1.807) is 26.0 Å². The average Bonchev–Trinajstić information content (AvgIpc) is 3.17. The van der Waals surface area contributed by atoms with E-state index in [1.165, 1.54) is 0 Å². The quantitative estimate of drug-likeness (QED) is 0.224. The van der Waals surface area contributed by atoms with Crippen LogP contribution in [0.5, 0.6) is 5.88 Å². The molecule has 0 bridgehead atoms. The number of carbonyl (C=O) groups excluding carboxylic acids is 3. The lowest BCUT2D eigenvalue weighted by Crippen LogP contribution is -2.42. The van der Waals surface area contributed by atoms with Crippen LogP contribution in [0.1, 0.15) is 54.6 Å². The van der Waals surface area contributed by atoms with Crippen molar-refractivity contribution >= 4 is 40.6 Å². The lowest BCUT2D eigenvalue weighted by atomic mass is 10.0. The molecule has 0 aliphatic heterocycles. The van der Waals surface area contributed by atoms with E-state index in [9.17, 15) is 19.5 Å². The molecule has 37 heavy (non-hydrogen) atoms. The number of nitrogen functional groups attached to an aromatic ring is 2. The normalized spacial score (nSPS) is 11.7. The maximum absolute atomic E-state index is 12.7. The van der Waals surface area contributed by atoms with Crippen molar-refractivity contribution in [3.05, 3.63) is 41.0 Å². The Kier molecular flexibility index (Phi) is 9.25. The summed E-state index contributed by atoms with van der Waals surface area (Å²) in [6.07, 6.45) is 1.94. The number of rotatable bonds is 12. The highest BCUT2D eigenvalue weighted by molar-refractivity contribution is 5.97. The fourth-order valence-corrected chi connectivity index (χ4v) is 3.95. The van der Waals surface area contributed by atoms with Crippen LogP contribution in [-0.2, 0) is 31.9 Å². The predicted octanol–water partition coefficient (Wildman–Crippen LogP) is 2.01. The van der Waals surface area contributed by atoms with Crippen LogP contribution in [0, 0.1) is 0 Å². The first kappa shape index (κ1) is 27.2. The van der Waals surface area contributed by atoms with Gasteiger partial charge in [0.15, 0.2) is 5.88 Å². The van der Waals surface area contributed by atoms with E-state index in [4.69, 9.17) is 20.9 Å². The summed E-state index contributed by atoms with van der Waals surface area (Å²) in [7, 11) is 0. The maximum Gasteiger partial charge on any atom is 0.328 e. The summed E-state index contributed by atoms with van der Waals surface area (Å²) in [6.45, 7) is 3.75. The van der Waals surface area contributed by atoms with Crippen molar-refractivity contribution < 1.29 is 29.0 Å². The first-order chi connectivity index (χ1) is 17.7. The van der Waals surface area contributed by atoms with Gasteiger partial charge in [0, 0.05) is 17.5 Å². The molecule has 2 aromatic heterocycles. The summed E-state index contributed by atoms with van der Waals surface area (Å²) in [4.78, 5) is 47.5. The zero-order valence-electron chi connectivity index (χ0n) is 20.9. The summed E-state index contributed by atoms with van der Waals surface area (Å²) in [6, 6.07) is 6.00. The number of aryl methyl sites for hydroxylation is 2. The van der Waals surface area contributed by atoms with Crippen molar-refractivity contribution in [2.75, 3.05) is 24.7 Å². The molecule has 1 aromatic carbocycles. The Bertz CT molecular complexity index is 1260. The van der Waals surface area contributed by atoms with Crippen molar-refractivity contribution in [1.29, 1.82) is 0 Å². The molecule has 1 atom stereocenters. The fraction of sp³-hybridized carbons (Fsp3) is 0.400. The number of aromatic amines is 1. The molecule has 1 amide bonds. The van der Waals surface area contributed by atoms with Crippen LogP contribution in [0.25, 0.3) is 11.0 Å². The van der Waals surface area contributed by atoms with E-state index in [2.05, 4.69) is 20.3 Å². The predicted molar refractivity (Wildman–Crippen MR) is 137 cm³/mol. The third-order valence-corrected chi connectivity index (χ3v) is 5.71. The van der Waals surface area contributed by atoms with Crippen LogP contribution >= 0.6 is 0 Å². The van der Waals surface area contributed by atoms with Crippen molar-refractivity contribution in [2.24, 2.45) is 0 Å². The Hall–Kier alpha value is -4.35. The summed E-state index contributed by atoms with van der Waals surface area (Å²) < 4.78 is 9.92. The number of fused-ring (bicyclic) bond motifs is 1. The van der Waals surface area contributed by atoms with Crippen molar-refractivity contribution in [3.8, 4) is 5.88 Å². The number of anilines is 2. The maximum atomic E-state index is 12.7. The highest BCUT2D eigenvalue weighted by Gasteiger charge is 2.24. The minimum absolute atomic E-state index is 0.0202. The number of aromatic hydroxyl groups is 1. The molecule has 2 heterocycles. The van der Waals surface area contributed by atoms with E-state index < -0.39 is 23.9 Å². The van der Waals surface area contributed by atoms with Crippen molar-refractivity contribution in [1.82, 2.24) is 20.3 Å². The lowest BCUT2D eigenvalue weighted by Gasteiger charge is -2.17. The minimum atomic E-state index is -0.966. The number of amides is 1. The van der Waals surface area contributed by atoms with Gasteiger partial charge in [-0.2, -0.15) is 9.97 Å². The zero-order valence-corrected chi connectivity index (χ0v) is 20.9. The van der Waals surface area contributed by atoms with Gasteiger partial charge in [-0.3, -0.25) is 9.59 Å². The van der Waals surface area contributed by atoms with Gasteiger partial charge in [0.25, 0.3) is 5.91 Å². The second-order valence-electron chi connectivity index (χ2n) is 8.32. The summed E-state index contributed by atoms with van der Waals surface area (Å²) >= 11 is 0. The molecule has 0 fully saturated rings. The second kappa shape index (κ2) is 12.6. The molecule has 0 aliphatic carbocycles. The van der Waals surface area contributed by atoms with Crippen LogP contribution in [0.3, 0.4) is 0 Å². The number of aromatic nitrogens is 3. The molecule has 0 radical (unpaired) electrons. The lowest BCUT2D eigenvalue weighted by molar-refractivity contribution is -0.146. The van der Waals surface area contributed by atoms with E-state index >= 15 is 0 Å². The molecule has 0 saturated carbocycles. The Balaban J connectivity index is 1.59. The smallest absolute Gasteiger partial charge is 0.328 e. The Morgan fingerprint density at radius 3 is 2.43 bits per heavy atom. The number of carbonyl (C=O) groups is 3. The van der Waals surface area contributed by atoms with Crippen LogP contribution in [0.15, 0.2) is 24.3 Å². The van der Waals surface area contributed by atoms with Crippen LogP contribution in [-0.4, -0.2) is 57.2 Å². The number of ether oxygens (including phenoxy) is 2. The summed E-state index contributed by atoms with van der Waals surface area (Å²) in [5.41, 5.74) is 13.9. The molecule has 12 heteroatoms. The Labute approximate surface area is 213 Å². The zero-order chi connectivity index (χ0) is 26.9.